The first-order valence-corrected chi connectivity index (χ1v) is 13.4. The molecule has 0 N–H and O–H groups in total. The van der Waals surface area contributed by atoms with Crippen molar-refractivity contribution in [3.05, 3.63) is 152 Å². The molecule has 0 amide bonds. The van der Waals surface area contributed by atoms with Gasteiger partial charge in [-0.3, -0.25) is 0 Å². The predicted octanol–water partition coefficient (Wildman–Crippen LogP) is 8.98. The molecule has 0 heterocycles. The Balaban J connectivity index is 1.51. The predicted molar refractivity (Wildman–Crippen MR) is 168 cm³/mol. The van der Waals surface area contributed by atoms with Crippen LogP contribution < -0.4 is 14.4 Å². The lowest BCUT2D eigenvalue weighted by atomic mass is 10.0. The Hall–Kier alpha value is -5.68. The summed E-state index contributed by atoms with van der Waals surface area (Å²) in [6.45, 7) is 8.96. The van der Waals surface area contributed by atoms with Crippen LogP contribution in [0.15, 0.2) is 147 Å². The number of esters is 2. The van der Waals surface area contributed by atoms with E-state index < -0.39 is 11.9 Å². The monoisotopic (exact) mass is 551 g/mol. The summed E-state index contributed by atoms with van der Waals surface area (Å²) in [5, 5.41) is 0. The van der Waals surface area contributed by atoms with E-state index in [1.165, 1.54) is 11.6 Å². The third-order valence-electron chi connectivity index (χ3n) is 6.63. The highest BCUT2D eigenvalue weighted by molar-refractivity contribution is 5.86. The zero-order valence-electron chi connectivity index (χ0n) is 23.2. The number of aryl methyl sites for hydroxylation is 1. The van der Waals surface area contributed by atoms with Crippen molar-refractivity contribution in [1.82, 2.24) is 0 Å². The highest BCUT2D eigenvalue weighted by Gasteiger charge is 2.14. The Labute approximate surface area is 245 Å². The molecule has 5 aromatic carbocycles. The molecule has 0 bridgehead atoms. The van der Waals surface area contributed by atoms with Gasteiger partial charge < -0.3 is 14.4 Å². The number of nitrogens with zero attached hydrogens (tertiary/aromatic N) is 1. The summed E-state index contributed by atoms with van der Waals surface area (Å²) in [5.41, 5.74) is 8.03. The quantitative estimate of drug-likeness (QED) is 0.104. The van der Waals surface area contributed by atoms with Crippen molar-refractivity contribution in [2.45, 2.75) is 6.92 Å². The van der Waals surface area contributed by atoms with Gasteiger partial charge in [0, 0.05) is 35.3 Å². The van der Waals surface area contributed by atoms with Crippen LogP contribution in [0.25, 0.3) is 22.3 Å². The van der Waals surface area contributed by atoms with Gasteiger partial charge in [-0.25, -0.2) is 9.59 Å². The van der Waals surface area contributed by atoms with E-state index in [0.717, 1.165) is 45.9 Å². The molecule has 0 fully saturated rings. The standard InChI is InChI=1S/C37H29NO4/c1-4-36(39)41-34-23-30(24-35(25-34)42-37(40)5-2)29-15-21-33(22-16-29)38(31-17-11-26(3)12-18-31)32-19-13-28(14-20-32)27-9-7-6-8-10-27/h4-25H,1-2H2,3H3. The number of rotatable bonds is 9. The second-order valence-electron chi connectivity index (χ2n) is 9.57. The number of carbonyl (C=O) groups is 2. The van der Waals surface area contributed by atoms with Gasteiger partial charge in [-0.05, 0) is 77.7 Å². The summed E-state index contributed by atoms with van der Waals surface area (Å²) in [6, 6.07) is 40.1. The Bertz CT molecular complexity index is 1680. The van der Waals surface area contributed by atoms with Crippen molar-refractivity contribution in [3.63, 3.8) is 0 Å². The van der Waals surface area contributed by atoms with E-state index in [1.807, 2.05) is 42.5 Å². The van der Waals surface area contributed by atoms with Crippen LogP contribution >= 0.6 is 0 Å². The summed E-state index contributed by atoms with van der Waals surface area (Å²) in [7, 11) is 0. The van der Waals surface area contributed by atoms with Gasteiger partial charge in [0.25, 0.3) is 0 Å². The fourth-order valence-electron chi connectivity index (χ4n) is 4.55. The Morgan fingerprint density at radius 3 is 1.40 bits per heavy atom. The number of hydrogen-bond donors (Lipinski definition) is 0. The van der Waals surface area contributed by atoms with Crippen LogP contribution in [-0.2, 0) is 9.59 Å². The molecule has 5 nitrogen and oxygen atoms in total. The smallest absolute Gasteiger partial charge is 0.335 e. The first kappa shape index (κ1) is 27.9. The van der Waals surface area contributed by atoms with E-state index in [-0.39, 0.29) is 11.5 Å². The average molecular weight is 552 g/mol. The number of benzene rings is 5. The molecule has 5 rings (SSSR count). The Kier molecular flexibility index (Phi) is 8.40. The largest absolute Gasteiger partial charge is 0.423 e. The van der Waals surface area contributed by atoms with E-state index in [4.69, 9.17) is 9.47 Å². The molecule has 0 unspecified atom stereocenters. The second kappa shape index (κ2) is 12.7. The zero-order chi connectivity index (χ0) is 29.5. The van der Waals surface area contributed by atoms with Gasteiger partial charge in [0.05, 0.1) is 0 Å². The van der Waals surface area contributed by atoms with Crippen molar-refractivity contribution in [2.24, 2.45) is 0 Å². The SMILES string of the molecule is C=CC(=O)Oc1cc(OC(=O)C=C)cc(-c2ccc(N(c3ccc(C)cc3)c3ccc(-c4ccccc4)cc3)cc2)c1. The number of hydrogen-bond acceptors (Lipinski definition) is 5. The highest BCUT2D eigenvalue weighted by Crippen LogP contribution is 2.37. The molecule has 0 aliphatic carbocycles. The van der Waals surface area contributed by atoms with Gasteiger partial charge >= 0.3 is 11.9 Å². The molecule has 0 aliphatic rings. The van der Waals surface area contributed by atoms with Crippen molar-refractivity contribution >= 4 is 29.0 Å². The summed E-state index contributed by atoms with van der Waals surface area (Å²) in [5.74, 6) is -0.771. The second-order valence-corrected chi connectivity index (χ2v) is 9.57. The van der Waals surface area contributed by atoms with Gasteiger partial charge in [0.1, 0.15) is 11.5 Å². The lowest BCUT2D eigenvalue weighted by Crippen LogP contribution is -2.09. The maximum Gasteiger partial charge on any atom is 0.335 e. The van der Waals surface area contributed by atoms with Crippen LogP contribution in [0.5, 0.6) is 11.5 Å². The van der Waals surface area contributed by atoms with Crippen molar-refractivity contribution in [1.29, 1.82) is 0 Å². The minimum atomic E-state index is -0.615. The third-order valence-corrected chi connectivity index (χ3v) is 6.63. The third kappa shape index (κ3) is 6.54. The van der Waals surface area contributed by atoms with Crippen molar-refractivity contribution in [2.75, 3.05) is 4.90 Å². The average Bonchev–Trinajstić information content (AvgIpc) is 3.03. The van der Waals surface area contributed by atoms with Gasteiger partial charge in [-0.15, -0.1) is 0 Å². The minimum absolute atomic E-state index is 0.230. The first-order valence-electron chi connectivity index (χ1n) is 13.4. The van der Waals surface area contributed by atoms with Crippen LogP contribution in [0.4, 0.5) is 17.1 Å². The van der Waals surface area contributed by atoms with E-state index in [9.17, 15) is 9.59 Å². The van der Waals surface area contributed by atoms with E-state index >= 15 is 0 Å². The fraction of sp³-hybridized carbons (Fsp3) is 0.0270. The van der Waals surface area contributed by atoms with Gasteiger partial charge in [-0.1, -0.05) is 85.5 Å². The topological polar surface area (TPSA) is 55.8 Å². The molecule has 5 heteroatoms. The normalized spacial score (nSPS) is 10.4. The fourth-order valence-corrected chi connectivity index (χ4v) is 4.55. The van der Waals surface area contributed by atoms with Crippen LogP contribution in [0.2, 0.25) is 0 Å². The zero-order valence-corrected chi connectivity index (χ0v) is 23.2. The highest BCUT2D eigenvalue weighted by atomic mass is 16.5. The van der Waals surface area contributed by atoms with Crippen LogP contribution in [0.1, 0.15) is 5.56 Å². The van der Waals surface area contributed by atoms with E-state index in [0.29, 0.717) is 5.56 Å². The van der Waals surface area contributed by atoms with Crippen LogP contribution in [0, 0.1) is 6.92 Å². The molecule has 0 aliphatic heterocycles. The summed E-state index contributed by atoms with van der Waals surface area (Å²) in [4.78, 5) is 25.9. The van der Waals surface area contributed by atoms with Crippen LogP contribution in [-0.4, -0.2) is 11.9 Å². The molecule has 5 aromatic rings. The Morgan fingerprint density at radius 2 is 0.952 bits per heavy atom. The maximum absolute atomic E-state index is 11.9. The Morgan fingerprint density at radius 1 is 0.548 bits per heavy atom. The molecule has 0 radical (unpaired) electrons. The molecular formula is C37H29NO4. The lowest BCUT2D eigenvalue weighted by Gasteiger charge is -2.26. The molecule has 0 saturated heterocycles. The van der Waals surface area contributed by atoms with Crippen molar-refractivity contribution in [3.8, 4) is 33.8 Å². The molecular weight excluding hydrogens is 522 g/mol. The van der Waals surface area contributed by atoms with E-state index in [1.54, 1.807) is 12.1 Å². The molecule has 206 valence electrons. The minimum Gasteiger partial charge on any atom is -0.423 e. The number of ether oxygens (including phenoxy) is 2. The number of anilines is 3. The summed E-state index contributed by atoms with van der Waals surface area (Å²) in [6.07, 6.45) is 2.14. The van der Waals surface area contributed by atoms with Gasteiger partial charge in [0.15, 0.2) is 0 Å². The van der Waals surface area contributed by atoms with Crippen molar-refractivity contribution < 1.29 is 19.1 Å². The van der Waals surface area contributed by atoms with Gasteiger partial charge in [-0.2, -0.15) is 0 Å². The molecule has 0 atom stereocenters. The van der Waals surface area contributed by atoms with Crippen LogP contribution in [0.3, 0.4) is 0 Å². The molecule has 0 saturated carbocycles. The lowest BCUT2D eigenvalue weighted by molar-refractivity contribution is -0.129. The first-order chi connectivity index (χ1) is 20.4. The summed E-state index contributed by atoms with van der Waals surface area (Å²) < 4.78 is 10.7. The molecule has 0 spiro atoms. The summed E-state index contributed by atoms with van der Waals surface area (Å²) >= 11 is 0. The molecule has 0 aromatic heterocycles. The number of carbonyl (C=O) groups excluding carboxylic acids is 2. The van der Waals surface area contributed by atoms with Gasteiger partial charge in [0.2, 0.25) is 0 Å². The maximum atomic E-state index is 11.9. The molecule has 42 heavy (non-hydrogen) atoms. The van der Waals surface area contributed by atoms with E-state index in [2.05, 4.69) is 85.6 Å².